The van der Waals surface area contributed by atoms with Crippen molar-refractivity contribution in [3.63, 3.8) is 0 Å². The van der Waals surface area contributed by atoms with Crippen LogP contribution in [0.3, 0.4) is 0 Å². The molecule has 0 spiro atoms. The van der Waals surface area contributed by atoms with Crippen LogP contribution in [0.4, 0.5) is 22.0 Å². The number of hydrogen-bond acceptors (Lipinski definition) is 3. The fourth-order valence-corrected chi connectivity index (χ4v) is 2.41. The first-order valence-corrected chi connectivity index (χ1v) is 7.99. The minimum absolute atomic E-state index is 0.0233. The van der Waals surface area contributed by atoms with Crippen molar-refractivity contribution >= 4 is 0 Å². The van der Waals surface area contributed by atoms with Crippen molar-refractivity contribution < 1.29 is 27.1 Å². The number of halogens is 5. The SMILES string of the molecule is CC(C)[C@H](CO)NCc1nc(-c2cc(F)cc(C(F)(F)F)c2)ccc1F. The molecule has 2 aromatic rings. The lowest BCUT2D eigenvalue weighted by Gasteiger charge is -2.20. The van der Waals surface area contributed by atoms with E-state index in [0.29, 0.717) is 6.07 Å². The molecule has 1 heterocycles. The zero-order valence-corrected chi connectivity index (χ0v) is 14.2. The summed E-state index contributed by atoms with van der Waals surface area (Å²) in [4.78, 5) is 4.02. The van der Waals surface area contributed by atoms with E-state index in [0.717, 1.165) is 18.2 Å². The molecule has 3 nitrogen and oxygen atoms in total. The topological polar surface area (TPSA) is 45.1 Å². The lowest BCUT2D eigenvalue weighted by atomic mass is 10.0. The molecule has 26 heavy (non-hydrogen) atoms. The number of aromatic nitrogens is 1. The summed E-state index contributed by atoms with van der Waals surface area (Å²) in [6, 6.07) is 4.05. The highest BCUT2D eigenvalue weighted by molar-refractivity contribution is 5.60. The second kappa shape index (κ2) is 8.09. The van der Waals surface area contributed by atoms with E-state index in [4.69, 9.17) is 0 Å². The van der Waals surface area contributed by atoms with Crippen LogP contribution in [0.1, 0.15) is 25.1 Å². The molecule has 0 aliphatic carbocycles. The Morgan fingerprint density at radius 1 is 1.12 bits per heavy atom. The van der Waals surface area contributed by atoms with Gasteiger partial charge in [0.2, 0.25) is 0 Å². The van der Waals surface area contributed by atoms with Crippen LogP contribution in [0, 0.1) is 17.6 Å². The fourth-order valence-electron chi connectivity index (χ4n) is 2.41. The highest BCUT2D eigenvalue weighted by Gasteiger charge is 2.31. The third kappa shape index (κ3) is 4.98. The minimum atomic E-state index is -4.70. The molecule has 0 radical (unpaired) electrons. The molecule has 2 N–H and O–H groups in total. The third-order valence-corrected chi connectivity index (χ3v) is 3.97. The molecule has 8 heteroatoms. The van der Waals surface area contributed by atoms with E-state index >= 15 is 0 Å². The second-order valence-electron chi connectivity index (χ2n) is 6.27. The molecular formula is C18H19F5N2O. The first kappa shape index (κ1) is 20.3. The summed E-state index contributed by atoms with van der Waals surface area (Å²) in [6.07, 6.45) is -4.70. The number of pyridine rings is 1. The maximum Gasteiger partial charge on any atom is 0.416 e. The Hall–Kier alpha value is -2.06. The van der Waals surface area contributed by atoms with Gasteiger partial charge < -0.3 is 10.4 Å². The van der Waals surface area contributed by atoms with Gasteiger partial charge in [0.05, 0.1) is 23.6 Å². The smallest absolute Gasteiger partial charge is 0.395 e. The molecule has 0 aliphatic heterocycles. The average molecular weight is 374 g/mol. The van der Waals surface area contributed by atoms with Crippen LogP contribution in [0.25, 0.3) is 11.3 Å². The van der Waals surface area contributed by atoms with E-state index < -0.39 is 23.4 Å². The number of alkyl halides is 3. The third-order valence-electron chi connectivity index (χ3n) is 3.97. The summed E-state index contributed by atoms with van der Waals surface area (Å²) in [5, 5.41) is 12.2. The van der Waals surface area contributed by atoms with Crippen molar-refractivity contribution in [2.75, 3.05) is 6.61 Å². The Morgan fingerprint density at radius 3 is 2.38 bits per heavy atom. The first-order valence-electron chi connectivity index (χ1n) is 7.99. The van der Waals surface area contributed by atoms with Crippen LogP contribution in [-0.2, 0) is 12.7 Å². The molecular weight excluding hydrogens is 355 g/mol. The zero-order chi connectivity index (χ0) is 19.5. The van der Waals surface area contributed by atoms with Crippen LogP contribution in [0.2, 0.25) is 0 Å². The van der Waals surface area contributed by atoms with Gasteiger partial charge in [0.1, 0.15) is 11.6 Å². The molecule has 0 aliphatic rings. The molecule has 0 unspecified atom stereocenters. The maximum atomic E-state index is 14.0. The van der Waals surface area contributed by atoms with E-state index in [-0.39, 0.29) is 42.1 Å². The maximum absolute atomic E-state index is 14.0. The van der Waals surface area contributed by atoms with Gasteiger partial charge in [-0.15, -0.1) is 0 Å². The van der Waals surface area contributed by atoms with Crippen LogP contribution < -0.4 is 5.32 Å². The molecule has 0 saturated heterocycles. The van der Waals surface area contributed by atoms with Gasteiger partial charge >= 0.3 is 6.18 Å². The monoisotopic (exact) mass is 374 g/mol. The molecule has 142 valence electrons. The quantitative estimate of drug-likeness (QED) is 0.747. The molecule has 2 rings (SSSR count). The summed E-state index contributed by atoms with van der Waals surface area (Å²) in [5.74, 6) is -1.61. The Balaban J connectivity index is 2.33. The Morgan fingerprint density at radius 2 is 1.81 bits per heavy atom. The van der Waals surface area contributed by atoms with Crippen molar-refractivity contribution in [1.29, 1.82) is 0 Å². The average Bonchev–Trinajstić information content (AvgIpc) is 2.55. The normalized spacial score (nSPS) is 13.3. The van der Waals surface area contributed by atoms with E-state index in [1.807, 2.05) is 13.8 Å². The van der Waals surface area contributed by atoms with Crippen LogP contribution in [0.15, 0.2) is 30.3 Å². The van der Waals surface area contributed by atoms with Crippen molar-refractivity contribution in [3.05, 3.63) is 53.2 Å². The summed E-state index contributed by atoms with van der Waals surface area (Å²) >= 11 is 0. The van der Waals surface area contributed by atoms with Gasteiger partial charge in [0, 0.05) is 18.2 Å². The molecule has 0 amide bonds. The number of nitrogens with one attached hydrogen (secondary N) is 1. The highest BCUT2D eigenvalue weighted by Crippen LogP contribution is 2.32. The van der Waals surface area contributed by atoms with Gasteiger partial charge in [0.15, 0.2) is 0 Å². The van der Waals surface area contributed by atoms with Gasteiger partial charge in [-0.05, 0) is 36.2 Å². The predicted molar refractivity (Wildman–Crippen MR) is 87.1 cm³/mol. The van der Waals surface area contributed by atoms with Gasteiger partial charge in [-0.25, -0.2) is 13.8 Å². The summed E-state index contributed by atoms with van der Waals surface area (Å²) < 4.78 is 66.1. The van der Waals surface area contributed by atoms with E-state index in [9.17, 15) is 27.1 Å². The number of hydrogen-bond donors (Lipinski definition) is 2. The first-order chi connectivity index (χ1) is 12.1. The van der Waals surface area contributed by atoms with E-state index in [2.05, 4.69) is 10.3 Å². The van der Waals surface area contributed by atoms with E-state index in [1.165, 1.54) is 6.07 Å². The lowest BCUT2D eigenvalue weighted by molar-refractivity contribution is -0.137. The number of aliphatic hydroxyl groups excluding tert-OH is 1. The zero-order valence-electron chi connectivity index (χ0n) is 14.2. The van der Waals surface area contributed by atoms with Gasteiger partial charge in [-0.3, -0.25) is 0 Å². The minimum Gasteiger partial charge on any atom is -0.395 e. The number of rotatable bonds is 6. The van der Waals surface area contributed by atoms with Crippen molar-refractivity contribution in [1.82, 2.24) is 10.3 Å². The van der Waals surface area contributed by atoms with Crippen LogP contribution in [0.5, 0.6) is 0 Å². The van der Waals surface area contributed by atoms with Crippen molar-refractivity contribution in [2.45, 2.75) is 32.6 Å². The molecule has 1 aromatic heterocycles. The molecule has 0 bridgehead atoms. The van der Waals surface area contributed by atoms with Gasteiger partial charge in [-0.1, -0.05) is 13.8 Å². The van der Waals surface area contributed by atoms with Crippen LogP contribution in [-0.4, -0.2) is 22.7 Å². The molecule has 0 fully saturated rings. The summed E-state index contributed by atoms with van der Waals surface area (Å²) in [5.41, 5.74) is -1.24. The molecule has 0 saturated carbocycles. The second-order valence-corrected chi connectivity index (χ2v) is 6.27. The predicted octanol–water partition coefficient (Wildman–Crippen LogP) is 4.15. The lowest BCUT2D eigenvalue weighted by Crippen LogP contribution is -2.36. The number of nitrogens with zero attached hydrogens (tertiary/aromatic N) is 1. The number of aliphatic hydroxyl groups is 1. The standard InChI is InChI=1S/C18H19F5N2O/c1-10(2)17(9-26)24-8-16-14(20)3-4-15(25-16)11-5-12(18(21,22)23)7-13(19)6-11/h3-7,10,17,24,26H,8-9H2,1-2H3/t17-/m0/s1. The van der Waals surface area contributed by atoms with E-state index in [1.54, 1.807) is 0 Å². The Labute approximate surface area is 147 Å². The van der Waals surface area contributed by atoms with Crippen molar-refractivity contribution in [2.24, 2.45) is 5.92 Å². The fraction of sp³-hybridized carbons (Fsp3) is 0.389. The molecule has 1 aromatic carbocycles. The van der Waals surface area contributed by atoms with Gasteiger partial charge in [-0.2, -0.15) is 13.2 Å². The Bertz CT molecular complexity index is 762. The molecule has 1 atom stereocenters. The van der Waals surface area contributed by atoms with Gasteiger partial charge in [0.25, 0.3) is 0 Å². The largest absolute Gasteiger partial charge is 0.416 e. The van der Waals surface area contributed by atoms with Crippen molar-refractivity contribution in [3.8, 4) is 11.3 Å². The summed E-state index contributed by atoms with van der Waals surface area (Å²) in [6.45, 7) is 3.57. The Kier molecular flexibility index (Phi) is 6.30. The van der Waals surface area contributed by atoms with Crippen LogP contribution >= 0.6 is 0 Å². The number of benzene rings is 1. The summed E-state index contributed by atoms with van der Waals surface area (Å²) in [7, 11) is 0. The highest BCUT2D eigenvalue weighted by atomic mass is 19.4.